The highest BCUT2D eigenvalue weighted by molar-refractivity contribution is 8.00. The SMILES string of the molecule is CO[C@@H]1[C@H](NC(=O)CC(=O)CSc2ccc(CC(=O)CCC(=O)C(C)(C)C)cc2)CC[C@]2(CO2)[C@H]1[C@@]1(C)O[C@@H]1CC=C(C)C. The van der Waals surface area contributed by atoms with E-state index in [0.29, 0.717) is 6.61 Å². The molecule has 3 fully saturated rings. The maximum atomic E-state index is 13.0. The van der Waals surface area contributed by atoms with Gasteiger partial charge >= 0.3 is 0 Å². The molecule has 2 aliphatic heterocycles. The van der Waals surface area contributed by atoms with Crippen LogP contribution in [-0.4, -0.2) is 72.2 Å². The summed E-state index contributed by atoms with van der Waals surface area (Å²) >= 11 is 1.37. The molecule has 6 atom stereocenters. The van der Waals surface area contributed by atoms with Crippen molar-refractivity contribution < 1.29 is 33.4 Å². The first-order chi connectivity index (χ1) is 20.7. The monoisotopic (exact) mass is 627 g/mol. The molecule has 242 valence electrons. The van der Waals surface area contributed by atoms with Crippen LogP contribution in [0.15, 0.2) is 40.8 Å². The topological polar surface area (TPSA) is 115 Å². The molecule has 0 radical (unpaired) electrons. The van der Waals surface area contributed by atoms with Gasteiger partial charge in [-0.3, -0.25) is 19.2 Å². The fourth-order valence-corrected chi connectivity index (χ4v) is 7.20. The summed E-state index contributed by atoms with van der Waals surface area (Å²) in [6.45, 7) is 12.6. The van der Waals surface area contributed by atoms with Crippen LogP contribution in [0.5, 0.6) is 0 Å². The van der Waals surface area contributed by atoms with Gasteiger partial charge in [0.25, 0.3) is 0 Å². The number of carbonyl (C=O) groups excluding carboxylic acids is 4. The number of ether oxygens (including phenoxy) is 3. The van der Waals surface area contributed by atoms with Gasteiger partial charge in [-0.05, 0) is 57.7 Å². The summed E-state index contributed by atoms with van der Waals surface area (Å²) in [6.07, 6.45) is 4.98. The number of rotatable bonds is 15. The average Bonchev–Trinajstić information content (AvgIpc) is 3.87. The number of hydrogen-bond donors (Lipinski definition) is 1. The lowest BCUT2D eigenvalue weighted by Gasteiger charge is -2.43. The van der Waals surface area contributed by atoms with Crippen molar-refractivity contribution in [1.82, 2.24) is 5.32 Å². The second kappa shape index (κ2) is 14.0. The Hall–Kier alpha value is -2.33. The Balaban J connectivity index is 1.23. The second-order valence-corrected chi connectivity index (χ2v) is 15.1. The van der Waals surface area contributed by atoms with Crippen molar-refractivity contribution >= 4 is 35.0 Å². The highest BCUT2D eigenvalue weighted by Crippen LogP contribution is 2.59. The Morgan fingerprint density at radius 3 is 2.36 bits per heavy atom. The molecule has 44 heavy (non-hydrogen) atoms. The van der Waals surface area contributed by atoms with E-state index in [1.54, 1.807) is 7.11 Å². The number of benzene rings is 1. The van der Waals surface area contributed by atoms with Crippen LogP contribution in [0.2, 0.25) is 0 Å². The van der Waals surface area contributed by atoms with Crippen molar-refractivity contribution in [2.75, 3.05) is 19.5 Å². The average molecular weight is 628 g/mol. The van der Waals surface area contributed by atoms with E-state index >= 15 is 0 Å². The smallest absolute Gasteiger partial charge is 0.227 e. The standard InChI is InChI=1S/C35H49NO7S/c1-22(2)8-15-29-34(6,43-29)32-31(41-7)27(16-17-35(32)21-42-35)36-30(40)19-25(38)20-44-26-12-9-23(10-13-26)18-24(37)11-14-28(39)33(3,4)5/h8-10,12-13,27,29,31-32H,11,14-21H2,1-7H3,(H,36,40)/t27-,29-,31-,32-,34+,35+/m1/s1. The van der Waals surface area contributed by atoms with Gasteiger partial charge in [0.05, 0.1) is 42.6 Å². The molecule has 0 bridgehead atoms. The van der Waals surface area contributed by atoms with E-state index in [0.717, 1.165) is 29.7 Å². The molecule has 2 heterocycles. The summed E-state index contributed by atoms with van der Waals surface area (Å²) in [4.78, 5) is 51.0. The number of methoxy groups -OCH3 is 1. The Bertz CT molecular complexity index is 1260. The first-order valence-electron chi connectivity index (χ1n) is 15.7. The molecule has 1 aromatic rings. The Morgan fingerprint density at radius 1 is 1.09 bits per heavy atom. The van der Waals surface area contributed by atoms with E-state index in [4.69, 9.17) is 14.2 Å². The summed E-state index contributed by atoms with van der Waals surface area (Å²) in [7, 11) is 1.67. The predicted molar refractivity (Wildman–Crippen MR) is 171 cm³/mol. The number of amides is 1. The molecule has 1 N–H and O–H groups in total. The van der Waals surface area contributed by atoms with Crippen LogP contribution in [-0.2, 0) is 39.8 Å². The van der Waals surface area contributed by atoms with Gasteiger partial charge in [0.15, 0.2) is 5.78 Å². The Kier molecular flexibility index (Phi) is 11.0. The minimum atomic E-state index is -0.434. The molecule has 2 saturated heterocycles. The summed E-state index contributed by atoms with van der Waals surface area (Å²) in [5.41, 5.74) is 1.05. The van der Waals surface area contributed by atoms with Crippen LogP contribution in [0, 0.1) is 11.3 Å². The fourth-order valence-electron chi connectivity index (χ4n) is 6.44. The van der Waals surface area contributed by atoms with Crippen molar-refractivity contribution in [2.24, 2.45) is 11.3 Å². The molecule has 8 nitrogen and oxygen atoms in total. The van der Waals surface area contributed by atoms with Gasteiger partial charge in [-0.25, -0.2) is 0 Å². The minimum Gasteiger partial charge on any atom is -0.379 e. The highest BCUT2D eigenvalue weighted by Gasteiger charge is 2.71. The first kappa shape index (κ1) is 34.5. The van der Waals surface area contributed by atoms with Crippen molar-refractivity contribution in [2.45, 2.75) is 121 Å². The van der Waals surface area contributed by atoms with Crippen molar-refractivity contribution in [3.8, 4) is 0 Å². The highest BCUT2D eigenvalue weighted by atomic mass is 32.2. The number of thioether (sulfide) groups is 1. The lowest BCUT2D eigenvalue weighted by Crippen LogP contribution is -2.59. The number of allylic oxidation sites excluding steroid dienone is 1. The molecule has 0 unspecified atom stereocenters. The third-order valence-electron chi connectivity index (χ3n) is 9.19. The molecule has 1 aromatic carbocycles. The van der Waals surface area contributed by atoms with E-state index in [9.17, 15) is 19.2 Å². The van der Waals surface area contributed by atoms with Gasteiger partial charge in [-0.15, -0.1) is 11.8 Å². The van der Waals surface area contributed by atoms with Gasteiger partial charge in [0, 0.05) is 42.6 Å². The lowest BCUT2D eigenvalue weighted by atomic mass is 9.67. The summed E-state index contributed by atoms with van der Waals surface area (Å²) in [6, 6.07) is 7.29. The number of carbonyl (C=O) groups is 4. The summed E-state index contributed by atoms with van der Waals surface area (Å²) < 4.78 is 18.2. The third kappa shape index (κ3) is 8.68. The van der Waals surface area contributed by atoms with Crippen molar-refractivity contribution in [3.05, 3.63) is 41.5 Å². The predicted octanol–water partition coefficient (Wildman–Crippen LogP) is 5.44. The Labute approximate surface area is 266 Å². The molecule has 0 aromatic heterocycles. The molecule has 4 rings (SSSR count). The van der Waals surface area contributed by atoms with Crippen LogP contribution in [0.1, 0.15) is 85.6 Å². The van der Waals surface area contributed by atoms with Gasteiger partial charge in [-0.2, -0.15) is 0 Å². The number of ketones is 3. The quantitative estimate of drug-likeness (QED) is 0.118. The van der Waals surface area contributed by atoms with Crippen LogP contribution in [0.4, 0.5) is 0 Å². The zero-order chi connectivity index (χ0) is 32.3. The molecule has 1 amide bonds. The van der Waals surface area contributed by atoms with Gasteiger partial charge < -0.3 is 19.5 Å². The molecular formula is C35H49NO7S. The normalized spacial score (nSPS) is 29.2. The van der Waals surface area contributed by atoms with E-state index in [2.05, 4.69) is 32.2 Å². The molecule has 1 spiro atoms. The van der Waals surface area contributed by atoms with Gasteiger partial charge in [0.1, 0.15) is 17.2 Å². The molecule has 3 aliphatic rings. The third-order valence-corrected chi connectivity index (χ3v) is 10.3. The van der Waals surface area contributed by atoms with Crippen LogP contribution in [0.25, 0.3) is 0 Å². The maximum Gasteiger partial charge on any atom is 0.227 e. The van der Waals surface area contributed by atoms with Crippen molar-refractivity contribution in [1.29, 1.82) is 0 Å². The molecule has 1 saturated carbocycles. The Morgan fingerprint density at radius 2 is 1.77 bits per heavy atom. The van der Waals surface area contributed by atoms with Crippen molar-refractivity contribution in [3.63, 3.8) is 0 Å². The number of epoxide rings is 2. The van der Waals surface area contributed by atoms with E-state index < -0.39 is 5.41 Å². The summed E-state index contributed by atoms with van der Waals surface area (Å²) in [5, 5.41) is 3.09. The molecule has 9 heteroatoms. The van der Waals surface area contributed by atoms with Crippen LogP contribution in [0.3, 0.4) is 0 Å². The first-order valence-corrected chi connectivity index (χ1v) is 16.7. The number of hydrogen-bond acceptors (Lipinski definition) is 8. The summed E-state index contributed by atoms with van der Waals surface area (Å²) in [5.74, 6) is -0.161. The van der Waals surface area contributed by atoms with Gasteiger partial charge in [-0.1, -0.05) is 44.6 Å². The number of nitrogens with one attached hydrogen (secondary N) is 1. The van der Waals surface area contributed by atoms with Gasteiger partial charge in [0.2, 0.25) is 5.91 Å². The number of Topliss-reactive ketones (excluding diaryl/α,β-unsaturated/α-hetero) is 3. The molecule has 1 aliphatic carbocycles. The van der Waals surface area contributed by atoms with E-state index in [-0.39, 0.29) is 90.1 Å². The fraction of sp³-hybridized carbons (Fsp3) is 0.657. The lowest BCUT2D eigenvalue weighted by molar-refractivity contribution is -0.130. The molecular weight excluding hydrogens is 578 g/mol. The second-order valence-electron chi connectivity index (χ2n) is 14.1. The van der Waals surface area contributed by atoms with Crippen LogP contribution < -0.4 is 5.32 Å². The maximum absolute atomic E-state index is 13.0. The zero-order valence-corrected chi connectivity index (χ0v) is 28.1. The largest absolute Gasteiger partial charge is 0.379 e. The minimum absolute atomic E-state index is 0.00915. The van der Waals surface area contributed by atoms with Crippen LogP contribution >= 0.6 is 11.8 Å². The zero-order valence-electron chi connectivity index (χ0n) is 27.3. The van der Waals surface area contributed by atoms with E-state index in [1.165, 1.54) is 17.3 Å². The van der Waals surface area contributed by atoms with E-state index in [1.807, 2.05) is 45.0 Å².